The molecule has 0 aromatic carbocycles. The molecule has 0 amide bonds. The zero-order valence-electron chi connectivity index (χ0n) is 16.0. The maximum Gasteiger partial charge on any atom is 0.433 e. The van der Waals surface area contributed by atoms with Gasteiger partial charge in [0.1, 0.15) is 11.8 Å². The Morgan fingerprint density at radius 2 is 1.90 bits per heavy atom. The monoisotopic (exact) mass is 438 g/mol. The van der Waals surface area contributed by atoms with Crippen molar-refractivity contribution in [3.63, 3.8) is 0 Å². The van der Waals surface area contributed by atoms with Gasteiger partial charge in [0, 0.05) is 18.9 Å². The van der Waals surface area contributed by atoms with Crippen molar-refractivity contribution in [2.45, 2.75) is 39.0 Å². The van der Waals surface area contributed by atoms with Crippen LogP contribution in [0.3, 0.4) is 0 Å². The molecule has 2 aromatic heterocycles. The molecule has 2 aromatic rings. The highest BCUT2D eigenvalue weighted by Crippen LogP contribution is 2.43. The van der Waals surface area contributed by atoms with E-state index in [1.807, 2.05) is 0 Å². The van der Waals surface area contributed by atoms with E-state index in [9.17, 15) is 26.7 Å². The topological polar surface area (TPSA) is 61.3 Å². The van der Waals surface area contributed by atoms with E-state index in [0.29, 0.717) is 4.88 Å². The number of methoxy groups -OCH3 is 2. The van der Waals surface area contributed by atoms with Crippen LogP contribution in [0.5, 0.6) is 0 Å². The van der Waals surface area contributed by atoms with Crippen molar-refractivity contribution in [1.82, 2.24) is 9.36 Å². The predicted molar refractivity (Wildman–Crippen MR) is 95.0 cm³/mol. The Morgan fingerprint density at radius 1 is 1.24 bits per heavy atom. The van der Waals surface area contributed by atoms with Crippen LogP contribution in [0, 0.1) is 5.92 Å². The molecule has 0 bridgehead atoms. The van der Waals surface area contributed by atoms with Crippen molar-refractivity contribution >= 4 is 17.5 Å². The van der Waals surface area contributed by atoms with Crippen molar-refractivity contribution in [3.8, 4) is 0 Å². The number of rotatable bonds is 7. The SMILES string of the molecule is COC(=O)c1c(C(F)F)nc(C(F)(F)F)c(C(OC)c2ccns2)c1CC(C)C. The number of hydrogen-bond acceptors (Lipinski definition) is 6. The molecule has 160 valence electrons. The molecule has 1 unspecified atom stereocenters. The minimum atomic E-state index is -5.05. The van der Waals surface area contributed by atoms with Gasteiger partial charge in [-0.25, -0.2) is 22.9 Å². The molecule has 2 heterocycles. The normalized spacial score (nSPS) is 13.2. The van der Waals surface area contributed by atoms with E-state index in [0.717, 1.165) is 18.6 Å². The number of nitrogens with zero attached hydrogens (tertiary/aromatic N) is 2. The number of ether oxygens (including phenoxy) is 2. The molecule has 0 saturated carbocycles. The van der Waals surface area contributed by atoms with E-state index in [1.54, 1.807) is 13.8 Å². The number of halogens is 5. The summed E-state index contributed by atoms with van der Waals surface area (Å²) in [5.41, 5.74) is -4.14. The first kappa shape index (κ1) is 23.1. The quantitative estimate of drug-likeness (QED) is 0.438. The summed E-state index contributed by atoms with van der Waals surface area (Å²) >= 11 is 0.893. The van der Waals surface area contributed by atoms with Crippen LogP contribution >= 0.6 is 11.5 Å². The number of pyridine rings is 1. The first-order valence-corrected chi connectivity index (χ1v) is 9.23. The first-order valence-electron chi connectivity index (χ1n) is 8.46. The molecule has 5 nitrogen and oxygen atoms in total. The second-order valence-corrected chi connectivity index (χ2v) is 7.40. The van der Waals surface area contributed by atoms with Gasteiger partial charge >= 0.3 is 12.1 Å². The Balaban J connectivity index is 3.02. The summed E-state index contributed by atoms with van der Waals surface area (Å²) in [6, 6.07) is 1.46. The Labute approximate surface area is 168 Å². The zero-order valence-corrected chi connectivity index (χ0v) is 16.8. The molecular formula is C18H19F5N2O3S. The van der Waals surface area contributed by atoms with Crippen molar-refractivity contribution in [2.75, 3.05) is 14.2 Å². The van der Waals surface area contributed by atoms with Gasteiger partial charge < -0.3 is 9.47 Å². The summed E-state index contributed by atoms with van der Waals surface area (Å²) in [6.45, 7) is 3.38. The summed E-state index contributed by atoms with van der Waals surface area (Å²) in [4.78, 5) is 15.8. The molecule has 11 heteroatoms. The standard InChI is InChI=1S/C18H19F5N2O3S/c1-8(2)7-9-11(17(26)28-4)13(16(19)20)25-15(18(21,22)23)12(9)14(27-3)10-5-6-24-29-10/h5-6,8,14,16H,7H2,1-4H3. The van der Waals surface area contributed by atoms with Gasteiger partial charge in [0.2, 0.25) is 0 Å². The van der Waals surface area contributed by atoms with Gasteiger partial charge in [-0.15, -0.1) is 0 Å². The molecular weight excluding hydrogens is 419 g/mol. The number of carbonyl (C=O) groups is 1. The highest BCUT2D eigenvalue weighted by atomic mass is 32.1. The summed E-state index contributed by atoms with van der Waals surface area (Å²) in [5.74, 6) is -1.44. The third kappa shape index (κ3) is 4.89. The van der Waals surface area contributed by atoms with Crippen molar-refractivity contribution < 1.29 is 36.2 Å². The van der Waals surface area contributed by atoms with Crippen LogP contribution in [0.4, 0.5) is 22.0 Å². The van der Waals surface area contributed by atoms with Crippen molar-refractivity contribution in [2.24, 2.45) is 5.92 Å². The van der Waals surface area contributed by atoms with Crippen molar-refractivity contribution in [3.05, 3.63) is 45.2 Å². The van der Waals surface area contributed by atoms with Gasteiger partial charge in [0.05, 0.1) is 17.6 Å². The number of hydrogen-bond donors (Lipinski definition) is 0. The van der Waals surface area contributed by atoms with Gasteiger partial charge in [-0.1, -0.05) is 13.8 Å². The molecule has 1 atom stereocenters. The van der Waals surface area contributed by atoms with E-state index in [2.05, 4.69) is 14.1 Å². The highest BCUT2D eigenvalue weighted by Gasteiger charge is 2.43. The summed E-state index contributed by atoms with van der Waals surface area (Å²) in [5, 5.41) is 0. The van der Waals surface area contributed by atoms with Gasteiger partial charge in [0.15, 0.2) is 5.69 Å². The van der Waals surface area contributed by atoms with Gasteiger partial charge in [-0.2, -0.15) is 13.2 Å². The van der Waals surface area contributed by atoms with Gasteiger partial charge in [-0.05, 0) is 35.5 Å². The smallest absolute Gasteiger partial charge is 0.433 e. The molecule has 0 aliphatic heterocycles. The van der Waals surface area contributed by atoms with Crippen LogP contribution in [0.1, 0.15) is 64.1 Å². The molecule has 0 N–H and O–H groups in total. The number of alkyl halides is 5. The van der Waals surface area contributed by atoms with Crippen LogP contribution < -0.4 is 0 Å². The second kappa shape index (κ2) is 9.12. The summed E-state index contributed by atoms with van der Waals surface area (Å²) in [6.07, 6.45) is -8.47. The van der Waals surface area contributed by atoms with Crippen LogP contribution in [-0.4, -0.2) is 29.5 Å². The average molecular weight is 438 g/mol. The van der Waals surface area contributed by atoms with E-state index in [1.165, 1.54) is 19.4 Å². The number of esters is 1. The third-order valence-electron chi connectivity index (χ3n) is 4.06. The molecule has 0 radical (unpaired) electrons. The molecule has 0 aliphatic rings. The number of carbonyl (C=O) groups excluding carboxylic acids is 1. The fourth-order valence-electron chi connectivity index (χ4n) is 3.01. The number of aromatic nitrogens is 2. The zero-order chi connectivity index (χ0) is 21.9. The fourth-order valence-corrected chi connectivity index (χ4v) is 3.69. The summed E-state index contributed by atoms with van der Waals surface area (Å²) < 4.78 is 82.6. The Bertz CT molecular complexity index is 854. The molecule has 0 fully saturated rings. The minimum Gasteiger partial charge on any atom is -0.465 e. The average Bonchev–Trinajstić information content (AvgIpc) is 3.15. The van der Waals surface area contributed by atoms with Gasteiger partial charge in [-0.3, -0.25) is 0 Å². The highest BCUT2D eigenvalue weighted by molar-refractivity contribution is 7.05. The van der Waals surface area contributed by atoms with Crippen LogP contribution in [0.15, 0.2) is 12.3 Å². The summed E-state index contributed by atoms with van der Waals surface area (Å²) in [7, 11) is 2.15. The first-order chi connectivity index (χ1) is 13.5. The molecule has 2 rings (SSSR count). The van der Waals surface area contributed by atoms with Crippen LogP contribution in [-0.2, 0) is 22.1 Å². The lowest BCUT2D eigenvalue weighted by Gasteiger charge is -2.26. The second-order valence-electron chi connectivity index (χ2n) is 6.53. The minimum absolute atomic E-state index is 0.0935. The van der Waals surface area contributed by atoms with Crippen LogP contribution in [0.2, 0.25) is 0 Å². The third-order valence-corrected chi connectivity index (χ3v) is 4.85. The van der Waals surface area contributed by atoms with E-state index >= 15 is 0 Å². The van der Waals surface area contributed by atoms with Gasteiger partial charge in [0.25, 0.3) is 6.43 Å². The van der Waals surface area contributed by atoms with E-state index in [-0.39, 0.29) is 17.9 Å². The maximum atomic E-state index is 13.9. The fraction of sp³-hybridized carbons (Fsp3) is 0.500. The van der Waals surface area contributed by atoms with E-state index < -0.39 is 47.2 Å². The van der Waals surface area contributed by atoms with Crippen LogP contribution in [0.25, 0.3) is 0 Å². The van der Waals surface area contributed by atoms with E-state index in [4.69, 9.17) is 4.74 Å². The molecule has 0 aliphatic carbocycles. The maximum absolute atomic E-state index is 13.9. The Hall–Kier alpha value is -2.14. The molecule has 0 saturated heterocycles. The largest absolute Gasteiger partial charge is 0.465 e. The Kier molecular flexibility index (Phi) is 7.28. The molecule has 29 heavy (non-hydrogen) atoms. The lowest BCUT2D eigenvalue weighted by atomic mass is 9.88. The Morgan fingerprint density at radius 3 is 2.31 bits per heavy atom. The lowest BCUT2D eigenvalue weighted by Crippen LogP contribution is -2.25. The predicted octanol–water partition coefficient (Wildman–Crippen LogP) is 5.22. The lowest BCUT2D eigenvalue weighted by molar-refractivity contribution is -0.143. The van der Waals surface area contributed by atoms with Crippen molar-refractivity contribution in [1.29, 1.82) is 0 Å². The molecule has 0 spiro atoms.